The molecule has 11 heteroatoms. The molecule has 3 aromatic rings. The average molecular weight is 452 g/mol. The molecule has 0 fully saturated rings. The topological polar surface area (TPSA) is 86.1 Å². The van der Waals surface area contributed by atoms with Crippen LogP contribution in [-0.2, 0) is 15.7 Å². The molecule has 1 atom stereocenters. The summed E-state index contributed by atoms with van der Waals surface area (Å²) in [6, 6.07) is 7.90. The summed E-state index contributed by atoms with van der Waals surface area (Å²) >= 11 is 1.29. The predicted octanol–water partition coefficient (Wildman–Crippen LogP) is 4.09. The first-order valence-corrected chi connectivity index (χ1v) is 10.2. The van der Waals surface area contributed by atoms with Crippen molar-refractivity contribution in [3.8, 4) is 16.4 Å². The number of ether oxygens (including phenoxy) is 1. The molecule has 0 spiro atoms. The lowest BCUT2D eigenvalue weighted by Gasteiger charge is -2.10. The van der Waals surface area contributed by atoms with Gasteiger partial charge in [-0.3, -0.25) is 4.79 Å². The molecule has 3 rings (SSSR count). The summed E-state index contributed by atoms with van der Waals surface area (Å²) in [6.07, 6.45) is -3.82. The van der Waals surface area contributed by atoms with E-state index >= 15 is 0 Å². The van der Waals surface area contributed by atoms with Gasteiger partial charge in [-0.1, -0.05) is 19.1 Å². The molecular weight excluding hydrogens is 433 g/mol. The van der Waals surface area contributed by atoms with E-state index in [2.05, 4.69) is 15.4 Å². The van der Waals surface area contributed by atoms with E-state index in [4.69, 9.17) is 4.74 Å². The van der Waals surface area contributed by atoms with Gasteiger partial charge < -0.3 is 10.1 Å². The minimum absolute atomic E-state index is 0.0742. The van der Waals surface area contributed by atoms with Crippen LogP contribution in [0.1, 0.15) is 36.5 Å². The second-order valence-electron chi connectivity index (χ2n) is 6.65. The van der Waals surface area contributed by atoms with E-state index in [-0.39, 0.29) is 23.4 Å². The molecule has 0 radical (unpaired) electrons. The minimum atomic E-state index is -4.54. The fraction of sp³-hybridized carbons (Fsp3) is 0.300. The van der Waals surface area contributed by atoms with Crippen LogP contribution in [0, 0.1) is 0 Å². The fourth-order valence-electron chi connectivity index (χ4n) is 2.57. The van der Waals surface area contributed by atoms with E-state index in [0.29, 0.717) is 11.3 Å². The van der Waals surface area contributed by atoms with Gasteiger partial charge in [0.05, 0.1) is 16.1 Å². The molecule has 2 heterocycles. The van der Waals surface area contributed by atoms with Gasteiger partial charge in [-0.2, -0.15) is 18.2 Å². The van der Waals surface area contributed by atoms with Crippen molar-refractivity contribution in [2.75, 3.05) is 6.61 Å². The Morgan fingerprint density at radius 1 is 1.26 bits per heavy atom. The van der Waals surface area contributed by atoms with Crippen molar-refractivity contribution in [1.29, 1.82) is 0 Å². The van der Waals surface area contributed by atoms with Gasteiger partial charge in [0.2, 0.25) is 0 Å². The van der Waals surface area contributed by atoms with Gasteiger partial charge in [0, 0.05) is 6.04 Å². The number of halogens is 3. The van der Waals surface area contributed by atoms with Gasteiger partial charge in [-0.05, 0) is 43.0 Å². The number of hydrogen-bond donors (Lipinski definition) is 1. The number of amides is 1. The van der Waals surface area contributed by atoms with Gasteiger partial charge in [-0.25, -0.2) is 9.48 Å². The number of nitrogens with zero attached hydrogens (tertiary/aromatic N) is 3. The highest BCUT2D eigenvalue weighted by molar-refractivity contribution is 7.13. The van der Waals surface area contributed by atoms with Crippen LogP contribution >= 0.6 is 11.3 Å². The Bertz CT molecular complexity index is 1060. The summed E-state index contributed by atoms with van der Waals surface area (Å²) < 4.78 is 45.5. The third-order valence-electron chi connectivity index (χ3n) is 4.30. The Labute approximate surface area is 179 Å². The molecule has 1 N–H and O–H groups in total. The number of esters is 1. The quantitative estimate of drug-likeness (QED) is 0.546. The van der Waals surface area contributed by atoms with Crippen molar-refractivity contribution >= 4 is 23.2 Å². The van der Waals surface area contributed by atoms with Crippen molar-refractivity contribution in [3.63, 3.8) is 0 Å². The maximum Gasteiger partial charge on any atom is 0.416 e. The Morgan fingerprint density at radius 3 is 2.68 bits per heavy atom. The van der Waals surface area contributed by atoms with Crippen molar-refractivity contribution < 1.29 is 27.5 Å². The van der Waals surface area contributed by atoms with Gasteiger partial charge in [0.1, 0.15) is 0 Å². The van der Waals surface area contributed by atoms with Gasteiger partial charge in [0.15, 0.2) is 12.4 Å². The Kier molecular flexibility index (Phi) is 6.74. The first kappa shape index (κ1) is 22.5. The highest BCUT2D eigenvalue weighted by Crippen LogP contribution is 2.32. The zero-order valence-corrected chi connectivity index (χ0v) is 17.5. The van der Waals surface area contributed by atoms with Gasteiger partial charge >= 0.3 is 12.1 Å². The Balaban J connectivity index is 1.89. The lowest BCUT2D eigenvalue weighted by atomic mass is 10.2. The maximum atomic E-state index is 13.1. The number of alkyl halides is 3. The number of aromatic nitrogens is 3. The van der Waals surface area contributed by atoms with Crippen molar-refractivity contribution in [2.45, 2.75) is 32.5 Å². The normalized spacial score (nSPS) is 12.4. The fourth-order valence-corrected chi connectivity index (χ4v) is 3.27. The summed E-state index contributed by atoms with van der Waals surface area (Å²) in [4.78, 5) is 28.9. The van der Waals surface area contributed by atoms with Crippen molar-refractivity contribution in [3.05, 3.63) is 53.2 Å². The van der Waals surface area contributed by atoms with E-state index in [1.807, 2.05) is 13.8 Å². The molecule has 1 amide bonds. The molecule has 7 nitrogen and oxygen atoms in total. The third-order valence-corrected chi connectivity index (χ3v) is 5.17. The highest BCUT2D eigenvalue weighted by atomic mass is 32.1. The molecule has 0 saturated heterocycles. The summed E-state index contributed by atoms with van der Waals surface area (Å²) in [6.45, 7) is 3.19. The molecule has 0 bridgehead atoms. The molecule has 1 unspecified atom stereocenters. The molecule has 1 aromatic carbocycles. The summed E-state index contributed by atoms with van der Waals surface area (Å²) in [5.74, 6) is -1.61. The van der Waals surface area contributed by atoms with Crippen LogP contribution in [0.15, 0.2) is 41.8 Å². The average Bonchev–Trinajstić information content (AvgIpc) is 3.41. The van der Waals surface area contributed by atoms with Crippen molar-refractivity contribution in [2.24, 2.45) is 0 Å². The van der Waals surface area contributed by atoms with Crippen LogP contribution in [-0.4, -0.2) is 39.3 Å². The second-order valence-corrected chi connectivity index (χ2v) is 7.60. The van der Waals surface area contributed by atoms with E-state index in [1.165, 1.54) is 23.5 Å². The molecule has 0 aliphatic heterocycles. The zero-order chi connectivity index (χ0) is 22.6. The van der Waals surface area contributed by atoms with Gasteiger partial charge in [-0.15, -0.1) is 16.4 Å². The molecule has 0 aliphatic rings. The Hall–Kier alpha value is -3.21. The lowest BCUT2D eigenvalue weighted by Crippen LogP contribution is -2.35. The molecule has 31 heavy (non-hydrogen) atoms. The molecule has 0 saturated carbocycles. The molecule has 0 aliphatic carbocycles. The number of rotatable bonds is 7. The summed E-state index contributed by atoms with van der Waals surface area (Å²) in [5, 5.41) is 8.47. The van der Waals surface area contributed by atoms with E-state index in [9.17, 15) is 22.8 Å². The zero-order valence-electron chi connectivity index (χ0n) is 16.6. The van der Waals surface area contributed by atoms with E-state index < -0.39 is 30.2 Å². The minimum Gasteiger partial charge on any atom is -0.450 e. The number of nitrogens with one attached hydrogen (secondary N) is 1. The first-order valence-electron chi connectivity index (χ1n) is 9.34. The van der Waals surface area contributed by atoms with E-state index in [0.717, 1.165) is 16.8 Å². The smallest absolute Gasteiger partial charge is 0.416 e. The van der Waals surface area contributed by atoms with Crippen LogP contribution in [0.5, 0.6) is 0 Å². The predicted molar refractivity (Wildman–Crippen MR) is 108 cm³/mol. The largest absolute Gasteiger partial charge is 0.450 e. The van der Waals surface area contributed by atoms with Crippen LogP contribution in [0.2, 0.25) is 0 Å². The molecule has 2 aromatic heterocycles. The SMILES string of the molecule is CCC(C)NC(=O)COC(=O)c1nc(-c2cccs2)n(-c2cccc(C(F)(F)F)c2)n1. The first-order chi connectivity index (χ1) is 14.7. The number of carbonyl (C=O) groups is 2. The standard InChI is InChI=1S/C20H19F3N4O3S/c1-3-12(2)24-16(28)11-30-19(29)17-25-18(15-8-5-9-31-15)27(26-17)14-7-4-6-13(10-14)20(21,22)23/h4-10,12H,3,11H2,1-2H3,(H,24,28). The number of carbonyl (C=O) groups excluding carboxylic acids is 2. The Morgan fingerprint density at radius 2 is 2.03 bits per heavy atom. The lowest BCUT2D eigenvalue weighted by molar-refractivity contribution is -0.137. The monoisotopic (exact) mass is 452 g/mol. The number of thiophene rings is 1. The van der Waals surface area contributed by atoms with Gasteiger partial charge in [0.25, 0.3) is 11.7 Å². The van der Waals surface area contributed by atoms with Crippen LogP contribution < -0.4 is 5.32 Å². The number of hydrogen-bond acceptors (Lipinski definition) is 6. The maximum absolute atomic E-state index is 13.1. The molecule has 164 valence electrons. The van der Waals surface area contributed by atoms with Crippen LogP contribution in [0.3, 0.4) is 0 Å². The van der Waals surface area contributed by atoms with E-state index in [1.54, 1.807) is 17.5 Å². The highest BCUT2D eigenvalue weighted by Gasteiger charge is 2.31. The molecular formula is C20H19F3N4O3S. The van der Waals surface area contributed by atoms with Crippen molar-refractivity contribution in [1.82, 2.24) is 20.1 Å². The second kappa shape index (κ2) is 9.29. The van der Waals surface area contributed by atoms with Crippen LogP contribution in [0.25, 0.3) is 16.4 Å². The third kappa shape index (κ3) is 5.48. The van der Waals surface area contributed by atoms with Crippen LogP contribution in [0.4, 0.5) is 13.2 Å². The summed E-state index contributed by atoms with van der Waals surface area (Å²) in [5.41, 5.74) is -0.775. The summed E-state index contributed by atoms with van der Waals surface area (Å²) in [7, 11) is 0. The number of benzene rings is 1.